The Morgan fingerprint density at radius 1 is 0.847 bits per heavy atom. The van der Waals surface area contributed by atoms with E-state index in [1.54, 1.807) is 18.6 Å². The molecule has 0 aliphatic heterocycles. The van der Waals surface area contributed by atoms with Crippen LogP contribution < -0.4 is 21.7 Å². The number of benzene rings is 1. The fraction of sp³-hybridized carbons (Fsp3) is 0.478. The molecule has 0 unspecified atom stereocenters. The predicted molar refractivity (Wildman–Crippen MR) is 229 cm³/mol. The van der Waals surface area contributed by atoms with E-state index in [9.17, 15) is 14.4 Å². The van der Waals surface area contributed by atoms with Crippen molar-refractivity contribution >= 4 is 23.4 Å². The van der Waals surface area contributed by atoms with Gasteiger partial charge in [0, 0.05) is 48.9 Å². The summed E-state index contributed by atoms with van der Waals surface area (Å²) >= 11 is 0. The standard InChI is InChI=1S/C46H60N10O3/c1-30(2)22-39-44-55-54-43(56(44)29-41(51-39)34-17-9-6-10-18-34)36(24-33-16-13-20-48-27-33)45(58)53-38(25-32-14-7-5-8-15-32)37(47)26-42(57)52-40(23-31(3)4)46(59)50-28-35-19-11-12-21-49-35/h6,9-13,16-21,27,29-32,36-38,40H,5,7-8,14-15,22-26,28,47H2,1-4H3,(H,50,59)(H,52,57)(H,53,58)/t36-,37+,38+,40+/m1/s1. The maximum Gasteiger partial charge on any atom is 0.242 e. The molecular formula is C46H60N10O3. The topological polar surface area (TPSA) is 182 Å². The van der Waals surface area contributed by atoms with Crippen molar-refractivity contribution in [2.75, 3.05) is 0 Å². The van der Waals surface area contributed by atoms with Gasteiger partial charge >= 0.3 is 0 Å². The number of fused-ring (bicyclic) bond motifs is 1. The molecule has 4 aromatic heterocycles. The number of nitrogens with zero attached hydrogens (tertiary/aromatic N) is 6. The number of pyridine rings is 2. The number of hydrogen-bond donors (Lipinski definition) is 4. The van der Waals surface area contributed by atoms with Gasteiger partial charge in [0.1, 0.15) is 17.8 Å². The van der Waals surface area contributed by atoms with E-state index >= 15 is 0 Å². The summed E-state index contributed by atoms with van der Waals surface area (Å²) in [5.74, 6) is -0.325. The molecule has 3 amide bonds. The van der Waals surface area contributed by atoms with Crippen molar-refractivity contribution in [3.8, 4) is 11.3 Å². The molecule has 1 saturated carbocycles. The second kappa shape index (κ2) is 20.9. The van der Waals surface area contributed by atoms with Crippen LogP contribution in [0.4, 0.5) is 0 Å². The zero-order chi connectivity index (χ0) is 41.7. The van der Waals surface area contributed by atoms with Crippen molar-refractivity contribution in [1.29, 1.82) is 0 Å². The van der Waals surface area contributed by atoms with Crippen molar-refractivity contribution in [3.63, 3.8) is 0 Å². The normalized spacial score (nSPS) is 15.4. The number of nitrogens with one attached hydrogen (secondary N) is 3. The van der Waals surface area contributed by atoms with Gasteiger partial charge in [0.05, 0.1) is 23.6 Å². The molecule has 4 atom stereocenters. The minimum absolute atomic E-state index is 0.0639. The van der Waals surface area contributed by atoms with Gasteiger partial charge in [-0.3, -0.25) is 28.8 Å². The highest BCUT2D eigenvalue weighted by Gasteiger charge is 2.33. The Labute approximate surface area is 347 Å². The van der Waals surface area contributed by atoms with Gasteiger partial charge in [-0.1, -0.05) is 102 Å². The molecule has 1 fully saturated rings. The number of rotatable bonds is 19. The van der Waals surface area contributed by atoms with Crippen molar-refractivity contribution in [1.82, 2.24) is 45.5 Å². The first kappa shape index (κ1) is 43.0. The lowest BCUT2D eigenvalue weighted by Crippen LogP contribution is -2.53. The number of carbonyl (C=O) groups is 3. The summed E-state index contributed by atoms with van der Waals surface area (Å²) < 4.78 is 1.92. The maximum absolute atomic E-state index is 14.9. The van der Waals surface area contributed by atoms with Crippen molar-refractivity contribution in [3.05, 3.63) is 108 Å². The molecule has 0 spiro atoms. The number of hydrogen-bond acceptors (Lipinski definition) is 9. The third-order valence-electron chi connectivity index (χ3n) is 11.1. The molecule has 13 heteroatoms. The maximum atomic E-state index is 14.9. The smallest absolute Gasteiger partial charge is 0.242 e. The Morgan fingerprint density at radius 2 is 1.63 bits per heavy atom. The lowest BCUT2D eigenvalue weighted by Gasteiger charge is -2.32. The summed E-state index contributed by atoms with van der Waals surface area (Å²) in [6, 6.07) is 17.3. The van der Waals surface area contributed by atoms with Crippen molar-refractivity contribution < 1.29 is 14.4 Å². The molecule has 0 saturated heterocycles. The van der Waals surface area contributed by atoms with E-state index in [-0.39, 0.29) is 36.6 Å². The summed E-state index contributed by atoms with van der Waals surface area (Å²) in [6.07, 6.45) is 14.6. The van der Waals surface area contributed by atoms with Crippen LogP contribution in [0.2, 0.25) is 0 Å². The third kappa shape index (κ3) is 12.2. The van der Waals surface area contributed by atoms with Gasteiger partial charge in [-0.25, -0.2) is 4.98 Å². The zero-order valence-corrected chi connectivity index (χ0v) is 34.9. The summed E-state index contributed by atoms with van der Waals surface area (Å²) in [7, 11) is 0. The van der Waals surface area contributed by atoms with E-state index < -0.39 is 24.0 Å². The second-order valence-electron chi connectivity index (χ2n) is 16.9. The van der Waals surface area contributed by atoms with Gasteiger partial charge in [-0.15, -0.1) is 10.2 Å². The van der Waals surface area contributed by atoms with E-state index in [1.807, 2.05) is 85.1 Å². The average molecular weight is 801 g/mol. The monoisotopic (exact) mass is 800 g/mol. The molecule has 1 aliphatic carbocycles. The first-order valence-electron chi connectivity index (χ1n) is 21.3. The summed E-state index contributed by atoms with van der Waals surface area (Å²) in [6.45, 7) is 8.56. The molecule has 5 N–H and O–H groups in total. The molecule has 312 valence electrons. The first-order chi connectivity index (χ1) is 28.5. The zero-order valence-electron chi connectivity index (χ0n) is 34.9. The quantitative estimate of drug-likeness (QED) is 0.0764. The fourth-order valence-electron chi connectivity index (χ4n) is 8.06. The molecule has 0 bridgehead atoms. The van der Waals surface area contributed by atoms with Gasteiger partial charge in [0.2, 0.25) is 17.7 Å². The molecule has 6 rings (SSSR count). The number of nitrogens with two attached hydrogens (primary N) is 1. The van der Waals surface area contributed by atoms with Crippen molar-refractivity contribution in [2.24, 2.45) is 23.5 Å². The molecular weight excluding hydrogens is 741 g/mol. The average Bonchev–Trinajstić information content (AvgIpc) is 3.66. The van der Waals surface area contributed by atoms with Crippen LogP contribution in [0.5, 0.6) is 0 Å². The van der Waals surface area contributed by atoms with Gasteiger partial charge in [-0.05, 0) is 67.2 Å². The van der Waals surface area contributed by atoms with Crippen LogP contribution >= 0.6 is 0 Å². The highest BCUT2D eigenvalue weighted by Crippen LogP contribution is 2.30. The Morgan fingerprint density at radius 3 is 2.32 bits per heavy atom. The lowest BCUT2D eigenvalue weighted by atomic mass is 9.82. The number of carbonyl (C=O) groups excluding carboxylic acids is 3. The van der Waals surface area contributed by atoms with Gasteiger partial charge < -0.3 is 21.7 Å². The minimum atomic E-state index is -0.764. The van der Waals surface area contributed by atoms with Gasteiger partial charge in [0.15, 0.2) is 5.65 Å². The molecule has 1 aliphatic rings. The third-order valence-corrected chi connectivity index (χ3v) is 11.1. The van der Waals surface area contributed by atoms with Crippen LogP contribution in [0.1, 0.15) is 108 Å². The second-order valence-corrected chi connectivity index (χ2v) is 16.9. The van der Waals surface area contributed by atoms with Crippen LogP contribution in [0.25, 0.3) is 16.9 Å². The van der Waals surface area contributed by atoms with E-state index in [0.717, 1.165) is 53.9 Å². The van der Waals surface area contributed by atoms with Crippen LogP contribution in [-0.4, -0.2) is 65.4 Å². The predicted octanol–water partition coefficient (Wildman–Crippen LogP) is 6.13. The highest BCUT2D eigenvalue weighted by molar-refractivity contribution is 5.88. The summed E-state index contributed by atoms with van der Waals surface area (Å²) in [4.78, 5) is 55.6. The van der Waals surface area contributed by atoms with Crippen molar-refractivity contribution in [2.45, 2.75) is 122 Å². The van der Waals surface area contributed by atoms with Crippen LogP contribution in [0, 0.1) is 17.8 Å². The van der Waals surface area contributed by atoms with E-state index in [2.05, 4.69) is 44.9 Å². The molecule has 1 aromatic carbocycles. The van der Waals surface area contributed by atoms with Crippen LogP contribution in [0.15, 0.2) is 85.5 Å². The molecule has 0 radical (unpaired) electrons. The van der Waals surface area contributed by atoms with E-state index in [0.29, 0.717) is 49.0 Å². The molecule has 5 aromatic rings. The van der Waals surface area contributed by atoms with E-state index in [4.69, 9.17) is 15.8 Å². The molecule has 13 nitrogen and oxygen atoms in total. The first-order valence-corrected chi connectivity index (χ1v) is 21.3. The summed E-state index contributed by atoms with van der Waals surface area (Å²) in [5, 5.41) is 18.5. The van der Waals surface area contributed by atoms with Crippen LogP contribution in [0.3, 0.4) is 0 Å². The number of aromatic nitrogens is 6. The Bertz CT molecular complexity index is 2100. The SMILES string of the molecule is CC(C)Cc1nc(-c2ccccc2)cn2c([C@@H](Cc3cccnc3)C(=O)N[C@@H](CC3CCCCC3)[C@@H](N)CC(=O)N[C@@H](CC(C)C)C(=O)NCc3ccccn3)nnc12. The summed E-state index contributed by atoms with van der Waals surface area (Å²) in [5.41, 5.74) is 11.7. The largest absolute Gasteiger partial charge is 0.351 e. The van der Waals surface area contributed by atoms with Gasteiger partial charge in [-0.2, -0.15) is 0 Å². The van der Waals surface area contributed by atoms with Crippen LogP contribution in [-0.2, 0) is 33.8 Å². The fourth-order valence-corrected chi connectivity index (χ4v) is 8.06. The Kier molecular flexibility index (Phi) is 15.3. The molecule has 59 heavy (non-hydrogen) atoms. The lowest BCUT2D eigenvalue weighted by molar-refractivity contribution is -0.130. The Balaban J connectivity index is 1.27. The highest BCUT2D eigenvalue weighted by atomic mass is 16.2. The molecule has 4 heterocycles. The van der Waals surface area contributed by atoms with E-state index in [1.165, 1.54) is 6.42 Å². The minimum Gasteiger partial charge on any atom is -0.351 e. The number of amides is 3. The van der Waals surface area contributed by atoms with Gasteiger partial charge in [0.25, 0.3) is 0 Å². The Hall–Kier alpha value is -5.56.